The number of nitrogens with one attached hydrogen (secondary N) is 3. The number of likely N-dealkylation sites (N-methyl/N-ethyl adjacent to an activating group) is 1. The van der Waals surface area contributed by atoms with E-state index in [1.165, 1.54) is 31.7 Å². The maximum atomic E-state index is 15.0. The first-order chi connectivity index (χ1) is 19.2. The van der Waals surface area contributed by atoms with Crippen molar-refractivity contribution in [3.63, 3.8) is 0 Å². The average molecular weight is 562 g/mol. The molecule has 2 aromatic rings. The third kappa shape index (κ3) is 6.46. The molecule has 0 aromatic carbocycles. The fourth-order valence-corrected chi connectivity index (χ4v) is 5.37. The summed E-state index contributed by atoms with van der Waals surface area (Å²) in [4.78, 5) is 44.4. The summed E-state index contributed by atoms with van der Waals surface area (Å²) in [5.74, 6) is -2.42. The van der Waals surface area contributed by atoms with E-state index in [2.05, 4.69) is 35.9 Å². The predicted molar refractivity (Wildman–Crippen MR) is 141 cm³/mol. The highest BCUT2D eigenvalue weighted by Gasteiger charge is 2.48. The molecule has 4 atom stereocenters. The molecule has 5 rings (SSSR count). The standard InChI is InChI=1S/C25H33F2N9O4/c1-3-39-21-13-29-20(12-30-21)33-23(37)35(2)18-14-36(9-7-25(18,26)27)22-28-8-6-19(32-22)34-24(38)40-17-10-15-4-5-16(11-17)31-15/h6,8,12-13,15-18,31H,3-5,7,9-11,14H2,1-2H3,(H,29,33,37)(H,28,32,34,38)/t15-,16+,17?,18-/m0/s1. The molecule has 3 aliphatic rings. The lowest BCUT2D eigenvalue weighted by molar-refractivity contribution is -0.0760. The molecule has 1 unspecified atom stereocenters. The second-order valence-electron chi connectivity index (χ2n) is 10.2. The normalized spacial score (nSPS) is 25.1. The predicted octanol–water partition coefficient (Wildman–Crippen LogP) is 2.87. The van der Waals surface area contributed by atoms with Crippen LogP contribution in [0, 0.1) is 0 Å². The summed E-state index contributed by atoms with van der Waals surface area (Å²) >= 11 is 0. The van der Waals surface area contributed by atoms with Crippen molar-refractivity contribution in [2.75, 3.05) is 42.3 Å². The van der Waals surface area contributed by atoms with Crippen LogP contribution >= 0.6 is 0 Å². The number of rotatable bonds is 7. The zero-order valence-corrected chi connectivity index (χ0v) is 22.3. The van der Waals surface area contributed by atoms with Gasteiger partial charge in [-0.2, -0.15) is 4.98 Å². The third-order valence-corrected chi connectivity index (χ3v) is 7.40. The summed E-state index contributed by atoms with van der Waals surface area (Å²) in [6.07, 6.45) is 6.48. The number of anilines is 3. The summed E-state index contributed by atoms with van der Waals surface area (Å²) in [7, 11) is 1.29. The van der Waals surface area contributed by atoms with Crippen molar-refractivity contribution in [2.45, 2.75) is 69.2 Å². The Kier molecular flexibility index (Phi) is 8.09. The van der Waals surface area contributed by atoms with Crippen molar-refractivity contribution < 1.29 is 27.8 Å². The van der Waals surface area contributed by atoms with Gasteiger partial charge in [0.15, 0.2) is 5.82 Å². The maximum absolute atomic E-state index is 15.0. The third-order valence-electron chi connectivity index (χ3n) is 7.40. The molecule has 15 heteroatoms. The van der Waals surface area contributed by atoms with Gasteiger partial charge in [0, 0.05) is 44.8 Å². The van der Waals surface area contributed by atoms with Gasteiger partial charge in [0.05, 0.1) is 19.0 Å². The van der Waals surface area contributed by atoms with Gasteiger partial charge in [0.2, 0.25) is 11.8 Å². The van der Waals surface area contributed by atoms with Crippen molar-refractivity contribution in [2.24, 2.45) is 0 Å². The van der Waals surface area contributed by atoms with Crippen LogP contribution in [-0.2, 0) is 4.74 Å². The minimum atomic E-state index is -3.15. The van der Waals surface area contributed by atoms with Crippen LogP contribution in [-0.4, -0.2) is 93.9 Å². The molecule has 5 heterocycles. The van der Waals surface area contributed by atoms with E-state index in [1.54, 1.807) is 11.8 Å². The van der Waals surface area contributed by atoms with Gasteiger partial charge in [-0.15, -0.1) is 0 Å². The molecule has 0 radical (unpaired) electrons. The van der Waals surface area contributed by atoms with Crippen LogP contribution in [0.2, 0.25) is 0 Å². The average Bonchev–Trinajstić information content (AvgIpc) is 3.27. The molecule has 3 amide bonds. The van der Waals surface area contributed by atoms with E-state index in [0.29, 0.717) is 18.7 Å². The van der Waals surface area contributed by atoms with E-state index in [4.69, 9.17) is 9.47 Å². The summed E-state index contributed by atoms with van der Waals surface area (Å²) in [5, 5.41) is 8.61. The Bertz CT molecular complexity index is 1190. The van der Waals surface area contributed by atoms with Gasteiger partial charge >= 0.3 is 12.1 Å². The second kappa shape index (κ2) is 11.7. The van der Waals surface area contributed by atoms with Gasteiger partial charge < -0.3 is 24.6 Å². The lowest BCUT2D eigenvalue weighted by Gasteiger charge is -2.42. The monoisotopic (exact) mass is 561 g/mol. The van der Waals surface area contributed by atoms with E-state index in [1.807, 2.05) is 0 Å². The topological polar surface area (TPSA) is 147 Å². The Morgan fingerprint density at radius 2 is 1.93 bits per heavy atom. The number of piperidine rings is 2. The lowest BCUT2D eigenvalue weighted by atomic mass is 10.00. The first-order valence-corrected chi connectivity index (χ1v) is 13.4. The minimum absolute atomic E-state index is 0.0327. The van der Waals surface area contributed by atoms with Gasteiger partial charge in [-0.05, 0) is 38.7 Å². The Morgan fingerprint density at radius 1 is 1.15 bits per heavy atom. The minimum Gasteiger partial charge on any atom is -0.477 e. The highest BCUT2D eigenvalue weighted by Crippen LogP contribution is 2.33. The molecule has 40 heavy (non-hydrogen) atoms. The van der Waals surface area contributed by atoms with E-state index >= 15 is 0 Å². The zero-order chi connectivity index (χ0) is 28.3. The van der Waals surface area contributed by atoms with Crippen LogP contribution in [0.25, 0.3) is 0 Å². The summed E-state index contributed by atoms with van der Waals surface area (Å²) < 4.78 is 40.8. The molecular weight excluding hydrogens is 528 g/mol. The number of aromatic nitrogens is 4. The molecule has 2 aromatic heterocycles. The molecule has 0 saturated carbocycles. The van der Waals surface area contributed by atoms with Gasteiger partial charge in [-0.3, -0.25) is 10.6 Å². The Labute approximate surface area is 230 Å². The van der Waals surface area contributed by atoms with Gasteiger partial charge in [0.1, 0.15) is 18.0 Å². The number of amides is 3. The van der Waals surface area contributed by atoms with E-state index in [-0.39, 0.29) is 42.7 Å². The zero-order valence-electron chi connectivity index (χ0n) is 22.3. The SMILES string of the molecule is CCOc1cnc(NC(=O)N(C)[C@H]2CN(c3nccc(NC(=O)OC4C[C@H]5CC[C@@H](C4)N5)n3)CCC2(F)F)cn1. The highest BCUT2D eigenvalue weighted by molar-refractivity contribution is 5.88. The number of fused-ring (bicyclic) bond motifs is 2. The first kappa shape index (κ1) is 27.7. The molecule has 3 N–H and O–H groups in total. The molecule has 0 aliphatic carbocycles. The van der Waals surface area contributed by atoms with Crippen molar-refractivity contribution >= 4 is 29.7 Å². The molecular formula is C25H33F2N9O4. The van der Waals surface area contributed by atoms with Gasteiger partial charge in [0.25, 0.3) is 5.92 Å². The quantitative estimate of drug-likeness (QED) is 0.461. The fourth-order valence-electron chi connectivity index (χ4n) is 5.37. The van der Waals surface area contributed by atoms with Crippen LogP contribution in [0.5, 0.6) is 5.88 Å². The number of ether oxygens (including phenoxy) is 2. The molecule has 2 bridgehead atoms. The van der Waals surface area contributed by atoms with Crippen LogP contribution in [0.3, 0.4) is 0 Å². The Hall–Kier alpha value is -3.88. The Balaban J connectivity index is 1.20. The van der Waals surface area contributed by atoms with Crippen LogP contribution in [0.4, 0.5) is 36.0 Å². The van der Waals surface area contributed by atoms with E-state index in [9.17, 15) is 18.4 Å². The molecule has 0 spiro atoms. The number of carbonyl (C=O) groups excluding carboxylic acids is 2. The number of hydrogen-bond acceptors (Lipinski definition) is 10. The highest BCUT2D eigenvalue weighted by atomic mass is 19.3. The largest absolute Gasteiger partial charge is 0.477 e. The van der Waals surface area contributed by atoms with Crippen molar-refractivity contribution in [3.05, 3.63) is 24.7 Å². The number of alkyl halides is 2. The van der Waals surface area contributed by atoms with E-state index < -0.39 is 30.5 Å². The summed E-state index contributed by atoms with van der Waals surface area (Å²) in [6, 6.07) is 0.0142. The maximum Gasteiger partial charge on any atom is 0.413 e. The van der Waals surface area contributed by atoms with Crippen LogP contribution in [0.15, 0.2) is 24.7 Å². The lowest BCUT2D eigenvalue weighted by Crippen LogP contribution is -2.60. The molecule has 13 nitrogen and oxygen atoms in total. The number of carbonyl (C=O) groups is 2. The van der Waals surface area contributed by atoms with Crippen molar-refractivity contribution in [1.82, 2.24) is 30.2 Å². The van der Waals surface area contributed by atoms with Crippen molar-refractivity contribution in [1.29, 1.82) is 0 Å². The number of halogens is 2. The molecule has 3 saturated heterocycles. The summed E-state index contributed by atoms with van der Waals surface area (Å²) in [6.45, 7) is 1.94. The number of urea groups is 1. The fraction of sp³-hybridized carbons (Fsp3) is 0.600. The molecule has 3 fully saturated rings. The molecule has 3 aliphatic heterocycles. The van der Waals surface area contributed by atoms with Crippen LogP contribution in [0.1, 0.15) is 39.0 Å². The number of hydrogen-bond donors (Lipinski definition) is 3. The second-order valence-corrected chi connectivity index (χ2v) is 10.2. The van der Waals surface area contributed by atoms with Crippen LogP contribution < -0.4 is 25.6 Å². The Morgan fingerprint density at radius 3 is 2.62 bits per heavy atom. The van der Waals surface area contributed by atoms with Gasteiger partial charge in [-0.25, -0.2) is 33.3 Å². The number of nitrogens with zero attached hydrogens (tertiary/aromatic N) is 6. The van der Waals surface area contributed by atoms with E-state index in [0.717, 1.165) is 30.6 Å². The smallest absolute Gasteiger partial charge is 0.413 e. The summed E-state index contributed by atoms with van der Waals surface area (Å²) in [5.41, 5.74) is 0. The molecule has 216 valence electrons. The first-order valence-electron chi connectivity index (χ1n) is 13.4. The van der Waals surface area contributed by atoms with Gasteiger partial charge in [-0.1, -0.05) is 0 Å². The van der Waals surface area contributed by atoms with Crippen molar-refractivity contribution in [3.8, 4) is 5.88 Å².